The zero-order chi connectivity index (χ0) is 19.1. The number of carbonyl (C=O) groups excluding carboxylic acids is 2. The third kappa shape index (κ3) is 3.31. The molecule has 1 aromatic carbocycles. The summed E-state index contributed by atoms with van der Waals surface area (Å²) in [5.74, 6) is -3.58. The number of nitrogens with one attached hydrogen (secondary N) is 2. The average Bonchev–Trinajstić information content (AvgIpc) is 2.98. The van der Waals surface area contributed by atoms with Gasteiger partial charge in [-0.2, -0.15) is 18.2 Å². The molecule has 0 saturated heterocycles. The lowest BCUT2D eigenvalue weighted by Crippen LogP contribution is -2.36. The van der Waals surface area contributed by atoms with Gasteiger partial charge in [0.25, 0.3) is 11.5 Å². The van der Waals surface area contributed by atoms with Gasteiger partial charge >= 0.3 is 6.18 Å². The maximum Gasteiger partial charge on any atom is 0.453 e. The Morgan fingerprint density at radius 3 is 2.81 bits per heavy atom. The first-order valence-corrected chi connectivity index (χ1v) is 7.04. The molecule has 1 aliphatic rings. The number of hydrogen-bond donors (Lipinski definition) is 2. The van der Waals surface area contributed by atoms with Gasteiger partial charge in [-0.25, -0.2) is 4.68 Å². The number of rotatable bonds is 3. The Hall–Kier alpha value is -3.51. The van der Waals surface area contributed by atoms with Gasteiger partial charge in [-0.05, 0) is 6.07 Å². The summed E-state index contributed by atoms with van der Waals surface area (Å²) in [5, 5.41) is 18.4. The van der Waals surface area contributed by atoms with Gasteiger partial charge in [0.2, 0.25) is 17.8 Å². The van der Waals surface area contributed by atoms with Crippen molar-refractivity contribution in [3.05, 3.63) is 40.2 Å². The van der Waals surface area contributed by atoms with Crippen LogP contribution in [0.5, 0.6) is 0 Å². The minimum atomic E-state index is -4.85. The summed E-state index contributed by atoms with van der Waals surface area (Å²) in [4.78, 5) is 37.3. The van der Waals surface area contributed by atoms with Gasteiger partial charge in [0.1, 0.15) is 6.04 Å². The number of non-ortho nitro benzene ring substituents is 1. The van der Waals surface area contributed by atoms with Gasteiger partial charge in [0.15, 0.2) is 0 Å². The molecule has 0 saturated carbocycles. The largest absolute Gasteiger partial charge is 0.453 e. The molecule has 1 unspecified atom stereocenters. The van der Waals surface area contributed by atoms with E-state index in [1.54, 1.807) is 0 Å². The minimum Gasteiger partial charge on any atom is -0.324 e. The second kappa shape index (κ2) is 6.09. The van der Waals surface area contributed by atoms with Crippen LogP contribution in [-0.4, -0.2) is 31.5 Å². The summed E-state index contributed by atoms with van der Waals surface area (Å²) < 4.78 is 38.9. The molecule has 26 heavy (non-hydrogen) atoms. The number of anilines is 2. The fourth-order valence-corrected chi connectivity index (χ4v) is 2.31. The van der Waals surface area contributed by atoms with Crippen molar-refractivity contribution in [3.63, 3.8) is 0 Å². The number of nitro benzene ring substituents is 1. The molecule has 0 spiro atoms. The van der Waals surface area contributed by atoms with Crippen molar-refractivity contribution in [2.24, 2.45) is 0 Å². The van der Waals surface area contributed by atoms with Crippen LogP contribution in [0.15, 0.2) is 24.3 Å². The predicted octanol–water partition coefficient (Wildman–Crippen LogP) is 1.73. The highest BCUT2D eigenvalue weighted by atomic mass is 19.4. The lowest BCUT2D eigenvalue weighted by Gasteiger charge is -2.22. The first-order chi connectivity index (χ1) is 12.1. The Morgan fingerprint density at radius 1 is 1.42 bits per heavy atom. The molecule has 2 amide bonds. The summed E-state index contributed by atoms with van der Waals surface area (Å²) >= 11 is 0. The first kappa shape index (κ1) is 17.3. The second-order valence-corrected chi connectivity index (χ2v) is 5.27. The molecule has 1 aliphatic heterocycles. The third-order valence-corrected chi connectivity index (χ3v) is 3.44. The number of nitro groups is 1. The Kier molecular flexibility index (Phi) is 4.06. The fraction of sp³-hybridized carbons (Fsp3) is 0.231. The van der Waals surface area contributed by atoms with Gasteiger partial charge in [-0.3, -0.25) is 25.0 Å². The number of nitrogens with zero attached hydrogens (tertiary/aromatic N) is 4. The summed E-state index contributed by atoms with van der Waals surface area (Å²) in [6.45, 7) is 0. The number of alkyl halides is 3. The zero-order valence-corrected chi connectivity index (χ0v) is 12.6. The number of halogens is 3. The molecular formula is C13H9F3N6O4. The van der Waals surface area contributed by atoms with E-state index in [9.17, 15) is 32.9 Å². The molecule has 0 bridgehead atoms. The predicted molar refractivity (Wildman–Crippen MR) is 79.0 cm³/mol. The van der Waals surface area contributed by atoms with Crippen molar-refractivity contribution in [1.29, 1.82) is 0 Å². The molecule has 1 atom stereocenters. The number of aromatic nitrogens is 3. The Balaban J connectivity index is 1.89. The average molecular weight is 370 g/mol. The maximum absolute atomic E-state index is 12.8. The lowest BCUT2D eigenvalue weighted by atomic mass is 10.1. The molecule has 0 fully saturated rings. The van der Waals surface area contributed by atoms with E-state index in [0.29, 0.717) is 4.68 Å². The van der Waals surface area contributed by atoms with Crippen molar-refractivity contribution in [3.8, 4) is 0 Å². The second-order valence-electron chi connectivity index (χ2n) is 5.27. The third-order valence-electron chi connectivity index (χ3n) is 3.44. The minimum absolute atomic E-state index is 0.0490. The topological polar surface area (TPSA) is 132 Å². The number of hydrogen-bond acceptors (Lipinski definition) is 6. The SMILES string of the molecule is O=C1CC(C(=O)Nc2cccc([N+](=O)[O-])c2)n2nc(C(F)(F)F)nc2N1. The maximum atomic E-state index is 12.8. The summed E-state index contributed by atoms with van der Waals surface area (Å²) in [6.07, 6.45) is -5.31. The van der Waals surface area contributed by atoms with Crippen LogP contribution in [0.25, 0.3) is 0 Å². The summed E-state index contributed by atoms with van der Waals surface area (Å²) in [5.41, 5.74) is -0.238. The normalized spacial score (nSPS) is 16.6. The summed E-state index contributed by atoms with van der Waals surface area (Å²) in [6, 6.07) is 3.57. The molecule has 13 heteroatoms. The fourth-order valence-electron chi connectivity index (χ4n) is 2.31. The molecule has 0 radical (unpaired) electrons. The highest BCUT2D eigenvalue weighted by Crippen LogP contribution is 2.31. The number of fused-ring (bicyclic) bond motifs is 1. The summed E-state index contributed by atoms with van der Waals surface area (Å²) in [7, 11) is 0. The Morgan fingerprint density at radius 2 is 2.15 bits per heavy atom. The van der Waals surface area contributed by atoms with Crippen LogP contribution in [0.4, 0.5) is 30.5 Å². The van der Waals surface area contributed by atoms with E-state index in [1.807, 2.05) is 0 Å². The number of carbonyl (C=O) groups is 2. The van der Waals surface area contributed by atoms with Crippen LogP contribution in [0.2, 0.25) is 0 Å². The molecule has 136 valence electrons. The van der Waals surface area contributed by atoms with Gasteiger partial charge in [-0.1, -0.05) is 6.07 Å². The molecule has 0 aliphatic carbocycles. The molecule has 3 rings (SSSR count). The Labute approximate surface area is 142 Å². The van der Waals surface area contributed by atoms with Crippen LogP contribution in [-0.2, 0) is 15.8 Å². The van der Waals surface area contributed by atoms with E-state index in [0.717, 1.165) is 6.07 Å². The molecule has 2 N–H and O–H groups in total. The van der Waals surface area contributed by atoms with E-state index in [1.165, 1.54) is 18.2 Å². The van der Waals surface area contributed by atoms with Gasteiger partial charge < -0.3 is 5.32 Å². The van der Waals surface area contributed by atoms with Crippen molar-refractivity contribution >= 4 is 29.1 Å². The standard InChI is InChI=1S/C13H9F3N6O4/c14-13(15,16)11-19-12-18-9(23)5-8(21(12)20-11)10(24)17-6-2-1-3-7(4-6)22(25)26/h1-4,8H,5H2,(H,17,24)(H,18,19,20,23). The van der Waals surface area contributed by atoms with Gasteiger partial charge in [-0.15, -0.1) is 5.10 Å². The van der Waals surface area contributed by atoms with Crippen LogP contribution >= 0.6 is 0 Å². The van der Waals surface area contributed by atoms with Gasteiger partial charge in [0.05, 0.1) is 11.3 Å². The van der Waals surface area contributed by atoms with Crippen molar-refractivity contribution in [1.82, 2.24) is 14.8 Å². The van der Waals surface area contributed by atoms with E-state index in [-0.39, 0.29) is 11.4 Å². The monoisotopic (exact) mass is 370 g/mol. The molecule has 10 nitrogen and oxygen atoms in total. The van der Waals surface area contributed by atoms with Crippen molar-refractivity contribution < 1.29 is 27.7 Å². The lowest BCUT2D eigenvalue weighted by molar-refractivity contribution is -0.384. The smallest absolute Gasteiger partial charge is 0.324 e. The van der Waals surface area contributed by atoms with Crippen molar-refractivity contribution in [2.45, 2.75) is 18.6 Å². The van der Waals surface area contributed by atoms with Gasteiger partial charge in [0, 0.05) is 17.8 Å². The quantitative estimate of drug-likeness (QED) is 0.625. The van der Waals surface area contributed by atoms with Crippen LogP contribution in [0.3, 0.4) is 0 Å². The first-order valence-electron chi connectivity index (χ1n) is 7.04. The number of benzene rings is 1. The molecule has 2 heterocycles. The van der Waals surface area contributed by atoms with E-state index in [4.69, 9.17) is 0 Å². The number of amides is 2. The Bertz CT molecular complexity index is 910. The van der Waals surface area contributed by atoms with E-state index >= 15 is 0 Å². The van der Waals surface area contributed by atoms with E-state index in [2.05, 4.69) is 20.7 Å². The molecule has 2 aromatic rings. The molecular weight excluding hydrogens is 361 g/mol. The highest BCUT2D eigenvalue weighted by molar-refractivity contribution is 6.00. The van der Waals surface area contributed by atoms with E-state index < -0.39 is 47.1 Å². The molecule has 1 aromatic heterocycles. The highest BCUT2D eigenvalue weighted by Gasteiger charge is 2.41. The van der Waals surface area contributed by atoms with Crippen molar-refractivity contribution in [2.75, 3.05) is 10.6 Å². The zero-order valence-electron chi connectivity index (χ0n) is 12.6. The van der Waals surface area contributed by atoms with Crippen LogP contribution in [0.1, 0.15) is 18.3 Å². The van der Waals surface area contributed by atoms with Crippen LogP contribution < -0.4 is 10.6 Å². The van der Waals surface area contributed by atoms with Crippen LogP contribution in [0, 0.1) is 10.1 Å².